The first-order valence-electron chi connectivity index (χ1n) is 5.34. The van der Waals surface area contributed by atoms with Crippen molar-refractivity contribution < 1.29 is 4.79 Å². The van der Waals surface area contributed by atoms with Gasteiger partial charge >= 0.3 is 0 Å². The van der Waals surface area contributed by atoms with Gasteiger partial charge in [0.05, 0.1) is 0 Å². The second-order valence-electron chi connectivity index (χ2n) is 3.23. The van der Waals surface area contributed by atoms with Gasteiger partial charge in [-0.15, -0.1) is 19.7 Å². The Balaban J connectivity index is 0.00000121. The van der Waals surface area contributed by atoms with Crippen LogP contribution in [0.1, 0.15) is 18.4 Å². The molecule has 3 heteroatoms. The Morgan fingerprint density at radius 2 is 1.88 bits per heavy atom. The topological polar surface area (TPSA) is 29.1 Å². The predicted molar refractivity (Wildman–Crippen MR) is 74.0 cm³/mol. The second kappa shape index (κ2) is 9.67. The summed E-state index contributed by atoms with van der Waals surface area (Å²) < 4.78 is 0. The van der Waals surface area contributed by atoms with Gasteiger partial charge in [-0.2, -0.15) is 0 Å². The molecule has 0 bridgehead atoms. The lowest BCUT2D eigenvalue weighted by Crippen LogP contribution is -2.22. The molecule has 2 nitrogen and oxygen atoms in total. The second-order valence-corrected chi connectivity index (χ2v) is 3.67. The number of carbonyl (C=O) groups excluding carboxylic acids is 1. The minimum absolute atomic E-state index is 0.0462. The van der Waals surface area contributed by atoms with Gasteiger partial charge in [0, 0.05) is 18.0 Å². The number of benzene rings is 1. The third kappa shape index (κ3) is 7.36. The fourth-order valence-electron chi connectivity index (χ4n) is 1.12. The van der Waals surface area contributed by atoms with Crippen LogP contribution in [0.15, 0.2) is 50.1 Å². The van der Waals surface area contributed by atoms with Crippen LogP contribution in [0.2, 0.25) is 5.02 Å². The monoisotopic (exact) mass is 251 g/mol. The third-order valence-corrected chi connectivity index (χ3v) is 2.23. The van der Waals surface area contributed by atoms with Gasteiger partial charge in [0.15, 0.2) is 0 Å². The highest BCUT2D eigenvalue weighted by Gasteiger charge is 1.99. The SMILES string of the molecule is C=C.C=CCCC(=O)NCc1ccc(Cl)cc1. The molecular formula is C14H18ClNO. The molecule has 0 spiro atoms. The zero-order valence-corrected chi connectivity index (χ0v) is 10.7. The number of rotatable bonds is 5. The summed E-state index contributed by atoms with van der Waals surface area (Å²) in [4.78, 5) is 11.3. The lowest BCUT2D eigenvalue weighted by Gasteiger charge is -2.04. The summed E-state index contributed by atoms with van der Waals surface area (Å²) in [5.41, 5.74) is 1.05. The van der Waals surface area contributed by atoms with Crippen molar-refractivity contribution in [1.29, 1.82) is 0 Å². The van der Waals surface area contributed by atoms with Crippen LogP contribution in [0.4, 0.5) is 0 Å². The van der Waals surface area contributed by atoms with Crippen LogP contribution in [0.5, 0.6) is 0 Å². The zero-order valence-electron chi connectivity index (χ0n) is 9.92. The molecule has 1 rings (SSSR count). The smallest absolute Gasteiger partial charge is 0.220 e. The average molecular weight is 252 g/mol. The first-order valence-corrected chi connectivity index (χ1v) is 5.72. The van der Waals surface area contributed by atoms with Gasteiger partial charge in [-0.05, 0) is 24.1 Å². The summed E-state index contributed by atoms with van der Waals surface area (Å²) in [7, 11) is 0. The van der Waals surface area contributed by atoms with E-state index in [9.17, 15) is 4.79 Å². The van der Waals surface area contributed by atoms with E-state index in [0.29, 0.717) is 24.4 Å². The maximum Gasteiger partial charge on any atom is 0.220 e. The first kappa shape index (κ1) is 15.5. The Morgan fingerprint density at radius 3 is 2.41 bits per heavy atom. The van der Waals surface area contributed by atoms with E-state index in [4.69, 9.17) is 11.6 Å². The summed E-state index contributed by atoms with van der Waals surface area (Å²) in [6.45, 7) is 10.1. The van der Waals surface area contributed by atoms with Crippen molar-refractivity contribution >= 4 is 17.5 Å². The molecule has 17 heavy (non-hydrogen) atoms. The fraction of sp³-hybridized carbons (Fsp3) is 0.214. The van der Waals surface area contributed by atoms with Gasteiger partial charge in [-0.3, -0.25) is 4.79 Å². The first-order chi connectivity index (χ1) is 8.22. The number of halogens is 1. The number of amides is 1. The quantitative estimate of drug-likeness (QED) is 0.794. The van der Waals surface area contributed by atoms with Gasteiger partial charge < -0.3 is 5.32 Å². The van der Waals surface area contributed by atoms with E-state index in [1.54, 1.807) is 6.08 Å². The standard InChI is InChI=1S/C12H14ClNO.C2H4/c1-2-3-4-12(15)14-9-10-5-7-11(13)8-6-10;1-2/h2,5-8H,1,3-4,9H2,(H,14,15);1-2H2. The molecule has 0 unspecified atom stereocenters. The molecule has 1 aromatic rings. The van der Waals surface area contributed by atoms with Crippen molar-refractivity contribution in [3.63, 3.8) is 0 Å². The molecule has 92 valence electrons. The largest absolute Gasteiger partial charge is 0.352 e. The third-order valence-electron chi connectivity index (χ3n) is 1.98. The van der Waals surface area contributed by atoms with Crippen LogP contribution in [0.25, 0.3) is 0 Å². The van der Waals surface area contributed by atoms with Gasteiger partial charge in [-0.1, -0.05) is 29.8 Å². The molecule has 0 saturated carbocycles. The van der Waals surface area contributed by atoms with Crippen molar-refractivity contribution in [1.82, 2.24) is 5.32 Å². The number of nitrogens with one attached hydrogen (secondary N) is 1. The van der Waals surface area contributed by atoms with E-state index in [-0.39, 0.29) is 5.91 Å². The molecule has 0 atom stereocenters. The molecule has 1 N–H and O–H groups in total. The molecule has 0 saturated heterocycles. The van der Waals surface area contributed by atoms with Crippen LogP contribution in [-0.4, -0.2) is 5.91 Å². The van der Waals surface area contributed by atoms with Gasteiger partial charge in [0.1, 0.15) is 0 Å². The maximum absolute atomic E-state index is 11.3. The molecule has 0 aliphatic rings. The highest BCUT2D eigenvalue weighted by Crippen LogP contribution is 2.09. The minimum Gasteiger partial charge on any atom is -0.352 e. The molecule has 0 aliphatic carbocycles. The van der Waals surface area contributed by atoms with E-state index in [1.807, 2.05) is 24.3 Å². The lowest BCUT2D eigenvalue weighted by molar-refractivity contribution is -0.121. The molecule has 0 heterocycles. The molecule has 0 fully saturated rings. The van der Waals surface area contributed by atoms with Crippen molar-refractivity contribution in [3.8, 4) is 0 Å². The van der Waals surface area contributed by atoms with Crippen LogP contribution >= 0.6 is 11.6 Å². The van der Waals surface area contributed by atoms with Gasteiger partial charge in [-0.25, -0.2) is 0 Å². The van der Waals surface area contributed by atoms with E-state index in [0.717, 1.165) is 5.56 Å². The molecule has 1 amide bonds. The number of hydrogen-bond donors (Lipinski definition) is 1. The van der Waals surface area contributed by atoms with Crippen molar-refractivity contribution in [3.05, 3.63) is 60.7 Å². The predicted octanol–water partition coefficient (Wildman–Crippen LogP) is 3.72. The maximum atomic E-state index is 11.3. The highest BCUT2D eigenvalue weighted by atomic mass is 35.5. The summed E-state index contributed by atoms with van der Waals surface area (Å²) in [5.74, 6) is 0.0462. The van der Waals surface area contributed by atoms with Crippen LogP contribution < -0.4 is 5.32 Å². The normalized spacial score (nSPS) is 8.76. The number of carbonyl (C=O) groups is 1. The molecule has 0 radical (unpaired) electrons. The molecular weight excluding hydrogens is 234 g/mol. The Hall–Kier alpha value is -1.54. The van der Waals surface area contributed by atoms with E-state index >= 15 is 0 Å². The van der Waals surface area contributed by atoms with E-state index in [2.05, 4.69) is 25.1 Å². The fourth-order valence-corrected chi connectivity index (χ4v) is 1.25. The van der Waals surface area contributed by atoms with Gasteiger partial charge in [0.2, 0.25) is 5.91 Å². The van der Waals surface area contributed by atoms with Crippen molar-refractivity contribution in [2.45, 2.75) is 19.4 Å². The molecule has 1 aromatic carbocycles. The number of hydrogen-bond acceptors (Lipinski definition) is 1. The minimum atomic E-state index is 0.0462. The van der Waals surface area contributed by atoms with Crippen LogP contribution in [0.3, 0.4) is 0 Å². The zero-order chi connectivity index (χ0) is 13.1. The average Bonchev–Trinajstić information content (AvgIpc) is 2.38. The summed E-state index contributed by atoms with van der Waals surface area (Å²) in [6.07, 6.45) is 2.95. The molecule has 0 aliphatic heterocycles. The Bertz CT molecular complexity index is 346. The molecule has 0 aromatic heterocycles. The summed E-state index contributed by atoms with van der Waals surface area (Å²) >= 11 is 5.74. The van der Waals surface area contributed by atoms with E-state index in [1.165, 1.54) is 0 Å². The summed E-state index contributed by atoms with van der Waals surface area (Å²) in [6, 6.07) is 7.42. The highest BCUT2D eigenvalue weighted by molar-refractivity contribution is 6.30. The number of allylic oxidation sites excluding steroid dienone is 1. The Kier molecular flexibility index (Phi) is 8.79. The Labute approximate surface area is 108 Å². The summed E-state index contributed by atoms with van der Waals surface area (Å²) in [5, 5.41) is 3.53. The Morgan fingerprint density at radius 1 is 1.29 bits per heavy atom. The van der Waals surface area contributed by atoms with Crippen LogP contribution in [0, 0.1) is 0 Å². The van der Waals surface area contributed by atoms with Crippen molar-refractivity contribution in [2.24, 2.45) is 0 Å². The lowest BCUT2D eigenvalue weighted by atomic mass is 10.2. The van der Waals surface area contributed by atoms with E-state index < -0.39 is 0 Å². The van der Waals surface area contributed by atoms with Gasteiger partial charge in [0.25, 0.3) is 0 Å². The van der Waals surface area contributed by atoms with Crippen molar-refractivity contribution in [2.75, 3.05) is 0 Å². The van der Waals surface area contributed by atoms with Crippen LogP contribution in [-0.2, 0) is 11.3 Å².